The number of nitrogens with one attached hydrogen (secondary N) is 1. The zero-order valence-corrected chi connectivity index (χ0v) is 11.7. The van der Waals surface area contributed by atoms with Crippen molar-refractivity contribution in [2.24, 2.45) is 5.73 Å². The summed E-state index contributed by atoms with van der Waals surface area (Å²) in [5, 5.41) is 20.1. The molecule has 0 radical (unpaired) electrons. The molecule has 1 aromatic carbocycles. The van der Waals surface area contributed by atoms with Crippen LogP contribution in [0, 0.1) is 0 Å². The summed E-state index contributed by atoms with van der Waals surface area (Å²) in [6.45, 7) is 0. The van der Waals surface area contributed by atoms with Crippen molar-refractivity contribution in [3.05, 3.63) is 35.9 Å². The summed E-state index contributed by atoms with van der Waals surface area (Å²) in [5.41, 5.74) is 6.37. The summed E-state index contributed by atoms with van der Waals surface area (Å²) in [7, 11) is 1.23. The number of aliphatic hydroxyl groups is 2. The molecule has 0 spiro atoms. The Morgan fingerprint density at radius 1 is 1.29 bits per heavy atom. The molecule has 0 saturated heterocycles. The fourth-order valence-corrected chi connectivity index (χ4v) is 1.80. The lowest BCUT2D eigenvalue weighted by Crippen LogP contribution is -2.50. The lowest BCUT2D eigenvalue weighted by molar-refractivity contribution is -0.145. The topological polar surface area (TPSA) is 122 Å². The largest absolute Gasteiger partial charge is 0.467 e. The summed E-state index contributed by atoms with van der Waals surface area (Å²) < 4.78 is 4.65. The molecule has 7 heteroatoms. The van der Waals surface area contributed by atoms with E-state index in [2.05, 4.69) is 10.1 Å². The van der Waals surface area contributed by atoms with Crippen LogP contribution < -0.4 is 11.1 Å². The third kappa shape index (κ3) is 5.90. The monoisotopic (exact) mass is 296 g/mol. The molecule has 0 aliphatic rings. The summed E-state index contributed by atoms with van der Waals surface area (Å²) in [5.74, 6) is -1.24. The van der Waals surface area contributed by atoms with Crippen molar-refractivity contribution in [1.82, 2.24) is 5.32 Å². The fraction of sp³-hybridized carbons (Fsp3) is 0.429. The Labute approximate surface area is 122 Å². The van der Waals surface area contributed by atoms with Gasteiger partial charge in [0.1, 0.15) is 6.04 Å². The number of ether oxygens (including phenoxy) is 1. The molecule has 21 heavy (non-hydrogen) atoms. The van der Waals surface area contributed by atoms with E-state index >= 15 is 0 Å². The summed E-state index contributed by atoms with van der Waals surface area (Å²) in [4.78, 5) is 23.6. The smallest absolute Gasteiger partial charge is 0.328 e. The highest BCUT2D eigenvalue weighted by atomic mass is 16.5. The number of amides is 1. The van der Waals surface area contributed by atoms with Crippen LogP contribution in [0.1, 0.15) is 12.0 Å². The van der Waals surface area contributed by atoms with Crippen LogP contribution in [0.2, 0.25) is 0 Å². The minimum Gasteiger partial charge on any atom is -0.467 e. The lowest BCUT2D eigenvalue weighted by Gasteiger charge is -2.19. The van der Waals surface area contributed by atoms with Gasteiger partial charge in [-0.25, -0.2) is 4.79 Å². The average molecular weight is 296 g/mol. The summed E-state index contributed by atoms with van der Waals surface area (Å²) in [6, 6.07) is 7.12. The van der Waals surface area contributed by atoms with E-state index in [-0.39, 0.29) is 12.8 Å². The molecule has 0 fully saturated rings. The highest BCUT2D eigenvalue weighted by Crippen LogP contribution is 2.05. The number of aliphatic hydroxyl groups excluding tert-OH is 1. The van der Waals surface area contributed by atoms with E-state index in [1.54, 1.807) is 0 Å². The molecule has 116 valence electrons. The predicted molar refractivity (Wildman–Crippen MR) is 74.9 cm³/mol. The van der Waals surface area contributed by atoms with Gasteiger partial charge in [0, 0.05) is 12.8 Å². The normalized spacial score (nSPS) is 13.6. The van der Waals surface area contributed by atoms with Crippen molar-refractivity contribution in [1.29, 1.82) is 0 Å². The van der Waals surface area contributed by atoms with Crippen LogP contribution in [-0.2, 0) is 20.7 Å². The maximum atomic E-state index is 11.8. The van der Waals surface area contributed by atoms with Gasteiger partial charge in [-0.2, -0.15) is 0 Å². The van der Waals surface area contributed by atoms with Crippen molar-refractivity contribution >= 4 is 11.9 Å². The van der Waals surface area contributed by atoms with Gasteiger partial charge in [0.15, 0.2) is 6.29 Å². The molecule has 0 aromatic heterocycles. The molecule has 0 saturated carbocycles. The van der Waals surface area contributed by atoms with Crippen LogP contribution >= 0.6 is 0 Å². The van der Waals surface area contributed by atoms with Crippen LogP contribution in [0.3, 0.4) is 0 Å². The van der Waals surface area contributed by atoms with Gasteiger partial charge in [0.2, 0.25) is 5.91 Å². The van der Waals surface area contributed by atoms with Crippen LogP contribution in [0.25, 0.3) is 0 Å². The maximum Gasteiger partial charge on any atom is 0.328 e. The van der Waals surface area contributed by atoms with Crippen molar-refractivity contribution in [2.75, 3.05) is 7.11 Å². The Morgan fingerprint density at radius 3 is 2.43 bits per heavy atom. The molecule has 1 aromatic rings. The van der Waals surface area contributed by atoms with Crippen molar-refractivity contribution in [3.8, 4) is 0 Å². The highest BCUT2D eigenvalue weighted by molar-refractivity contribution is 5.87. The average Bonchev–Trinajstić information content (AvgIpc) is 2.46. The number of rotatable bonds is 7. The van der Waals surface area contributed by atoms with Gasteiger partial charge in [-0.05, 0) is 5.56 Å². The first-order valence-electron chi connectivity index (χ1n) is 6.48. The molecule has 7 nitrogen and oxygen atoms in total. The Kier molecular flexibility index (Phi) is 6.80. The molecule has 0 heterocycles. The second kappa shape index (κ2) is 8.35. The molecular formula is C14H20N2O5. The molecule has 1 rings (SSSR count). The lowest BCUT2D eigenvalue weighted by atomic mass is 10.1. The van der Waals surface area contributed by atoms with Gasteiger partial charge in [0.05, 0.1) is 13.2 Å². The van der Waals surface area contributed by atoms with E-state index in [1.807, 2.05) is 30.3 Å². The summed E-state index contributed by atoms with van der Waals surface area (Å²) in [6.07, 6.45) is -1.74. The van der Waals surface area contributed by atoms with Crippen LogP contribution in [0.5, 0.6) is 0 Å². The zero-order chi connectivity index (χ0) is 15.8. The van der Waals surface area contributed by atoms with Crippen molar-refractivity contribution < 1.29 is 24.5 Å². The number of benzene rings is 1. The third-order valence-corrected chi connectivity index (χ3v) is 2.89. The Morgan fingerprint density at radius 2 is 1.90 bits per heavy atom. The highest BCUT2D eigenvalue weighted by Gasteiger charge is 2.25. The molecular weight excluding hydrogens is 276 g/mol. The number of hydrogen-bond donors (Lipinski definition) is 4. The van der Waals surface area contributed by atoms with E-state index in [0.29, 0.717) is 0 Å². The fourth-order valence-electron chi connectivity index (χ4n) is 1.80. The maximum absolute atomic E-state index is 11.8. The second-order valence-electron chi connectivity index (χ2n) is 4.60. The first kappa shape index (κ1) is 17.1. The van der Waals surface area contributed by atoms with Gasteiger partial charge < -0.3 is 26.0 Å². The molecule has 0 aliphatic heterocycles. The second-order valence-corrected chi connectivity index (χ2v) is 4.60. The number of carbonyl (C=O) groups is 2. The van der Waals surface area contributed by atoms with Gasteiger partial charge in [-0.15, -0.1) is 0 Å². The standard InChI is InChI=1S/C14H20N2O5/c1-21-14(20)11(7-9-5-3-2-4-6-9)16-13(19)10(15)8-12(17)18/h2-6,10-12,17-18H,7-8,15H2,1H3,(H,16,19)/t10-,11?/m0/s1. The van der Waals surface area contributed by atoms with Crippen molar-refractivity contribution in [3.63, 3.8) is 0 Å². The van der Waals surface area contributed by atoms with Crippen LogP contribution in [0.15, 0.2) is 30.3 Å². The van der Waals surface area contributed by atoms with Gasteiger partial charge in [-0.3, -0.25) is 4.79 Å². The SMILES string of the molecule is COC(=O)C(Cc1ccccc1)NC(=O)[C@@H](N)CC(O)O. The van der Waals surface area contributed by atoms with E-state index in [0.717, 1.165) is 5.56 Å². The quantitative estimate of drug-likeness (QED) is 0.375. The van der Waals surface area contributed by atoms with Crippen molar-refractivity contribution in [2.45, 2.75) is 31.2 Å². The van der Waals surface area contributed by atoms with Gasteiger partial charge in [-0.1, -0.05) is 30.3 Å². The first-order chi connectivity index (χ1) is 9.93. The Hall–Kier alpha value is -1.96. The first-order valence-corrected chi connectivity index (χ1v) is 6.48. The van der Waals surface area contributed by atoms with E-state index in [9.17, 15) is 9.59 Å². The predicted octanol–water partition coefficient (Wildman–Crippen LogP) is -1.08. The molecule has 0 aliphatic carbocycles. The molecule has 0 bridgehead atoms. The molecule has 5 N–H and O–H groups in total. The number of carbonyl (C=O) groups excluding carboxylic acids is 2. The third-order valence-electron chi connectivity index (χ3n) is 2.89. The summed E-state index contributed by atoms with van der Waals surface area (Å²) >= 11 is 0. The number of esters is 1. The minimum absolute atomic E-state index is 0.258. The number of hydrogen-bond acceptors (Lipinski definition) is 6. The Balaban J connectivity index is 2.70. The number of methoxy groups -OCH3 is 1. The van der Waals surface area contributed by atoms with Crippen LogP contribution in [-0.4, -0.2) is 47.6 Å². The molecule has 1 unspecified atom stereocenters. The van der Waals surface area contributed by atoms with Gasteiger partial charge >= 0.3 is 5.97 Å². The van der Waals surface area contributed by atoms with E-state index < -0.39 is 30.3 Å². The molecule has 1 amide bonds. The van der Waals surface area contributed by atoms with Gasteiger partial charge in [0.25, 0.3) is 0 Å². The Bertz CT molecular complexity index is 464. The van der Waals surface area contributed by atoms with E-state index in [1.165, 1.54) is 7.11 Å². The molecule has 2 atom stereocenters. The number of nitrogens with two attached hydrogens (primary N) is 1. The minimum atomic E-state index is -1.68. The van der Waals surface area contributed by atoms with Crippen LogP contribution in [0.4, 0.5) is 0 Å². The zero-order valence-electron chi connectivity index (χ0n) is 11.7. The van der Waals surface area contributed by atoms with E-state index in [4.69, 9.17) is 15.9 Å².